The van der Waals surface area contributed by atoms with Crippen LogP contribution in [0.5, 0.6) is 0 Å². The first kappa shape index (κ1) is 12.5. The van der Waals surface area contributed by atoms with E-state index in [2.05, 4.69) is 37.5 Å². The standard InChI is InChI=1S/C16H11N5O/c22-16-13-15(20-21-19-13)17-14(18-16)12-8-6-11(7-9-12)10-4-2-1-3-5-10/h1-9H,(H2,17,18,19,20,21,22). The summed E-state index contributed by atoms with van der Waals surface area (Å²) < 4.78 is 0. The molecule has 0 radical (unpaired) electrons. The first-order chi connectivity index (χ1) is 10.8. The largest absolute Gasteiger partial charge is 0.304 e. The molecule has 2 aromatic heterocycles. The number of rotatable bonds is 2. The van der Waals surface area contributed by atoms with Gasteiger partial charge in [-0.2, -0.15) is 5.21 Å². The van der Waals surface area contributed by atoms with Gasteiger partial charge in [0.15, 0.2) is 5.52 Å². The van der Waals surface area contributed by atoms with Crippen LogP contribution in [0.4, 0.5) is 0 Å². The van der Waals surface area contributed by atoms with Crippen molar-refractivity contribution >= 4 is 11.2 Å². The van der Waals surface area contributed by atoms with E-state index in [9.17, 15) is 4.79 Å². The van der Waals surface area contributed by atoms with Crippen LogP contribution in [0, 0.1) is 0 Å². The summed E-state index contributed by atoms with van der Waals surface area (Å²) in [5, 5.41) is 10.0. The zero-order valence-electron chi connectivity index (χ0n) is 11.4. The van der Waals surface area contributed by atoms with Gasteiger partial charge < -0.3 is 4.98 Å². The van der Waals surface area contributed by atoms with Crippen molar-refractivity contribution in [2.24, 2.45) is 0 Å². The second-order valence-corrected chi connectivity index (χ2v) is 4.85. The predicted molar refractivity (Wildman–Crippen MR) is 83.2 cm³/mol. The number of aromatic nitrogens is 5. The highest BCUT2D eigenvalue weighted by atomic mass is 16.1. The van der Waals surface area contributed by atoms with Crippen LogP contribution in [0.2, 0.25) is 0 Å². The summed E-state index contributed by atoms with van der Waals surface area (Å²) in [5.41, 5.74) is 3.29. The molecule has 0 amide bonds. The minimum Gasteiger partial charge on any atom is -0.304 e. The van der Waals surface area contributed by atoms with E-state index >= 15 is 0 Å². The van der Waals surface area contributed by atoms with Gasteiger partial charge in [-0.3, -0.25) is 4.79 Å². The van der Waals surface area contributed by atoms with Gasteiger partial charge in [0.05, 0.1) is 0 Å². The van der Waals surface area contributed by atoms with Gasteiger partial charge in [0.25, 0.3) is 5.56 Å². The molecule has 0 bridgehead atoms. The van der Waals surface area contributed by atoms with Crippen molar-refractivity contribution in [1.29, 1.82) is 0 Å². The maximum atomic E-state index is 11.9. The Morgan fingerprint density at radius 1 is 0.773 bits per heavy atom. The maximum absolute atomic E-state index is 11.9. The van der Waals surface area contributed by atoms with E-state index < -0.39 is 0 Å². The number of hydrogen-bond acceptors (Lipinski definition) is 4. The third-order valence-corrected chi connectivity index (χ3v) is 3.46. The molecule has 6 heteroatoms. The monoisotopic (exact) mass is 289 g/mol. The summed E-state index contributed by atoms with van der Waals surface area (Å²) in [7, 11) is 0. The number of nitrogens with zero attached hydrogens (tertiary/aromatic N) is 3. The molecule has 22 heavy (non-hydrogen) atoms. The normalized spacial score (nSPS) is 10.9. The highest BCUT2D eigenvalue weighted by Gasteiger charge is 2.09. The smallest absolute Gasteiger partial charge is 0.281 e. The molecular formula is C16H11N5O. The van der Waals surface area contributed by atoms with Crippen LogP contribution in [0.25, 0.3) is 33.7 Å². The van der Waals surface area contributed by atoms with E-state index in [1.54, 1.807) is 0 Å². The van der Waals surface area contributed by atoms with Crippen molar-refractivity contribution in [1.82, 2.24) is 25.4 Å². The molecule has 0 aliphatic rings. The molecule has 2 aromatic carbocycles. The van der Waals surface area contributed by atoms with E-state index in [0.29, 0.717) is 11.5 Å². The van der Waals surface area contributed by atoms with Gasteiger partial charge in [-0.15, -0.1) is 10.2 Å². The van der Waals surface area contributed by atoms with Gasteiger partial charge in [-0.1, -0.05) is 54.6 Å². The van der Waals surface area contributed by atoms with Crippen molar-refractivity contribution in [3.63, 3.8) is 0 Å². The summed E-state index contributed by atoms with van der Waals surface area (Å²) in [6, 6.07) is 17.9. The van der Waals surface area contributed by atoms with Gasteiger partial charge >= 0.3 is 0 Å². The lowest BCUT2D eigenvalue weighted by Crippen LogP contribution is -2.09. The van der Waals surface area contributed by atoms with Crippen LogP contribution in [-0.2, 0) is 0 Å². The molecule has 106 valence electrons. The summed E-state index contributed by atoms with van der Waals surface area (Å²) in [6.07, 6.45) is 0. The minimum atomic E-state index is -0.305. The summed E-state index contributed by atoms with van der Waals surface area (Å²) in [5.74, 6) is 0.478. The van der Waals surface area contributed by atoms with Crippen molar-refractivity contribution < 1.29 is 0 Å². The van der Waals surface area contributed by atoms with Crippen LogP contribution in [0.15, 0.2) is 59.4 Å². The molecular weight excluding hydrogens is 278 g/mol. The third-order valence-electron chi connectivity index (χ3n) is 3.46. The third kappa shape index (κ3) is 2.07. The van der Waals surface area contributed by atoms with Crippen LogP contribution in [-0.4, -0.2) is 25.4 Å². The SMILES string of the molecule is O=c1[nH]c(-c2ccc(-c3ccccc3)cc2)nc2n[nH]nc12. The molecule has 2 N–H and O–H groups in total. The molecule has 0 fully saturated rings. The Morgan fingerprint density at radius 2 is 1.45 bits per heavy atom. The number of benzene rings is 2. The lowest BCUT2D eigenvalue weighted by atomic mass is 10.0. The fraction of sp³-hybridized carbons (Fsp3) is 0. The molecule has 0 saturated heterocycles. The number of hydrogen-bond donors (Lipinski definition) is 2. The van der Waals surface area contributed by atoms with E-state index in [0.717, 1.165) is 16.7 Å². The van der Waals surface area contributed by atoms with E-state index in [1.807, 2.05) is 42.5 Å². The lowest BCUT2D eigenvalue weighted by Gasteiger charge is -2.04. The molecule has 0 atom stereocenters. The topological polar surface area (TPSA) is 87.3 Å². The zero-order chi connectivity index (χ0) is 14.9. The number of fused-ring (bicyclic) bond motifs is 1. The summed E-state index contributed by atoms with van der Waals surface area (Å²) in [6.45, 7) is 0. The fourth-order valence-corrected chi connectivity index (χ4v) is 2.34. The predicted octanol–water partition coefficient (Wildman–Crippen LogP) is 2.38. The first-order valence-electron chi connectivity index (χ1n) is 6.78. The van der Waals surface area contributed by atoms with Gasteiger partial charge in [-0.25, -0.2) is 4.98 Å². The number of H-pyrrole nitrogens is 2. The second kappa shape index (κ2) is 4.92. The van der Waals surface area contributed by atoms with Gasteiger partial charge in [0.1, 0.15) is 5.82 Å². The maximum Gasteiger partial charge on any atom is 0.281 e. The Morgan fingerprint density at radius 3 is 2.23 bits per heavy atom. The first-order valence-corrected chi connectivity index (χ1v) is 6.78. The van der Waals surface area contributed by atoms with Crippen molar-refractivity contribution in [2.75, 3.05) is 0 Å². The number of nitrogens with one attached hydrogen (secondary N) is 2. The van der Waals surface area contributed by atoms with Crippen LogP contribution in [0.1, 0.15) is 0 Å². The summed E-state index contributed by atoms with van der Waals surface area (Å²) in [4.78, 5) is 18.9. The minimum absolute atomic E-state index is 0.213. The molecule has 0 saturated carbocycles. The van der Waals surface area contributed by atoms with Crippen molar-refractivity contribution in [3.05, 3.63) is 65.0 Å². The molecule has 0 aliphatic heterocycles. The van der Waals surface area contributed by atoms with Gasteiger partial charge in [-0.05, 0) is 11.1 Å². The van der Waals surface area contributed by atoms with Crippen LogP contribution >= 0.6 is 0 Å². The van der Waals surface area contributed by atoms with Crippen molar-refractivity contribution in [3.8, 4) is 22.5 Å². The van der Waals surface area contributed by atoms with E-state index in [1.165, 1.54) is 0 Å². The molecule has 6 nitrogen and oxygen atoms in total. The van der Waals surface area contributed by atoms with E-state index in [4.69, 9.17) is 0 Å². The lowest BCUT2D eigenvalue weighted by molar-refractivity contribution is 0.954. The van der Waals surface area contributed by atoms with Gasteiger partial charge in [0, 0.05) is 5.56 Å². The average molecular weight is 289 g/mol. The van der Waals surface area contributed by atoms with Crippen LogP contribution < -0.4 is 5.56 Å². The molecule has 4 aromatic rings. The average Bonchev–Trinajstić information content (AvgIpc) is 3.05. The fourth-order valence-electron chi connectivity index (χ4n) is 2.34. The molecule has 0 unspecified atom stereocenters. The quantitative estimate of drug-likeness (QED) is 0.593. The number of aromatic amines is 2. The zero-order valence-corrected chi connectivity index (χ0v) is 11.4. The summed E-state index contributed by atoms with van der Waals surface area (Å²) >= 11 is 0. The molecule has 2 heterocycles. The molecule has 4 rings (SSSR count). The Bertz CT molecular complexity index is 986. The molecule has 0 spiro atoms. The second-order valence-electron chi connectivity index (χ2n) is 4.85. The Balaban J connectivity index is 1.77. The van der Waals surface area contributed by atoms with Crippen molar-refractivity contribution in [2.45, 2.75) is 0 Å². The Hall–Kier alpha value is -3.28. The highest BCUT2D eigenvalue weighted by molar-refractivity contribution is 5.72. The van der Waals surface area contributed by atoms with E-state index in [-0.39, 0.29) is 11.1 Å². The van der Waals surface area contributed by atoms with Gasteiger partial charge in [0.2, 0.25) is 5.65 Å². The van der Waals surface area contributed by atoms with Crippen LogP contribution in [0.3, 0.4) is 0 Å². The highest BCUT2D eigenvalue weighted by Crippen LogP contribution is 2.22. The Labute approximate surface area is 124 Å². The molecule has 0 aliphatic carbocycles. The Kier molecular flexibility index (Phi) is 2.79.